The van der Waals surface area contributed by atoms with Gasteiger partial charge in [-0.2, -0.15) is 0 Å². The first-order valence-corrected chi connectivity index (χ1v) is 9.90. The molecule has 0 bridgehead atoms. The van der Waals surface area contributed by atoms with Crippen LogP contribution in [0.15, 0.2) is 36.4 Å². The van der Waals surface area contributed by atoms with Gasteiger partial charge in [-0.3, -0.25) is 4.79 Å². The summed E-state index contributed by atoms with van der Waals surface area (Å²) in [4.78, 5) is 12.5. The van der Waals surface area contributed by atoms with E-state index in [1.54, 1.807) is 12.1 Å². The van der Waals surface area contributed by atoms with E-state index in [0.29, 0.717) is 11.8 Å². The first-order valence-electron chi connectivity index (χ1n) is 9.90. The summed E-state index contributed by atoms with van der Waals surface area (Å²) in [6.07, 6.45) is 5.68. The molecule has 2 saturated carbocycles. The third-order valence-electron chi connectivity index (χ3n) is 7.03. The van der Waals surface area contributed by atoms with Gasteiger partial charge in [0.15, 0.2) is 0 Å². The summed E-state index contributed by atoms with van der Waals surface area (Å²) in [5.74, 6) is 0.586. The van der Waals surface area contributed by atoms with Gasteiger partial charge in [0.05, 0.1) is 6.54 Å². The topological polar surface area (TPSA) is 42.9 Å². The van der Waals surface area contributed by atoms with Crippen LogP contribution in [0.25, 0.3) is 0 Å². The van der Waals surface area contributed by atoms with Gasteiger partial charge < -0.3 is 10.1 Å². The Balaban J connectivity index is 1.40. The van der Waals surface area contributed by atoms with E-state index in [2.05, 4.69) is 18.8 Å². The molecule has 2 aliphatic carbocycles. The van der Waals surface area contributed by atoms with Crippen molar-refractivity contribution >= 4 is 5.97 Å². The number of fused-ring (bicyclic) bond motifs is 2. The number of hydrogen-bond acceptors (Lipinski definition) is 2. The molecule has 1 heterocycles. The van der Waals surface area contributed by atoms with E-state index in [1.165, 1.54) is 30.5 Å². The number of quaternary nitrogens is 1. The molecule has 1 aromatic rings. The molecule has 1 aliphatic heterocycles. The summed E-state index contributed by atoms with van der Waals surface area (Å²) in [7, 11) is 0. The normalized spacial score (nSPS) is 36.4. The standard InChI is InChI=1S/C22H28FNO2/c1-14-4-3-9-22(2)11-20-17(10-19(14)22)18(21(25)26-20)13-24-12-15-5-7-16(23)8-6-15/h5-8,17-20,24H,1,3-4,9-13H2,2H3/p+1/t17-,18-,19-,20-,22-/m1/s1. The lowest BCUT2D eigenvalue weighted by Gasteiger charge is -2.49. The van der Waals surface area contributed by atoms with Crippen LogP contribution < -0.4 is 5.32 Å². The number of nitrogens with two attached hydrogens (primary N) is 1. The van der Waals surface area contributed by atoms with Crippen LogP contribution in [0.3, 0.4) is 0 Å². The predicted octanol–water partition coefficient (Wildman–Crippen LogP) is 3.20. The third kappa shape index (κ3) is 3.20. The van der Waals surface area contributed by atoms with Crippen LogP contribution in [-0.2, 0) is 16.1 Å². The van der Waals surface area contributed by atoms with Crippen LogP contribution in [0.1, 0.15) is 44.6 Å². The molecule has 0 spiro atoms. The molecule has 5 atom stereocenters. The average Bonchev–Trinajstić information content (AvgIpc) is 2.89. The molecular weight excluding hydrogens is 329 g/mol. The fraction of sp³-hybridized carbons (Fsp3) is 0.591. The molecule has 4 rings (SSSR count). The fourth-order valence-corrected chi connectivity index (χ4v) is 5.58. The van der Waals surface area contributed by atoms with E-state index in [4.69, 9.17) is 4.74 Å². The molecular formula is C22H29FNO2+. The van der Waals surface area contributed by atoms with Crippen molar-refractivity contribution in [3.63, 3.8) is 0 Å². The summed E-state index contributed by atoms with van der Waals surface area (Å²) in [6, 6.07) is 6.58. The first-order chi connectivity index (χ1) is 12.5. The van der Waals surface area contributed by atoms with E-state index in [-0.39, 0.29) is 29.2 Å². The van der Waals surface area contributed by atoms with Crippen molar-refractivity contribution in [1.82, 2.24) is 0 Å². The number of ether oxygens (including phenoxy) is 1. The molecule has 0 unspecified atom stereocenters. The minimum absolute atomic E-state index is 0.0248. The lowest BCUT2D eigenvalue weighted by atomic mass is 9.55. The van der Waals surface area contributed by atoms with E-state index in [1.807, 2.05) is 0 Å². The van der Waals surface area contributed by atoms with Crippen molar-refractivity contribution < 1.29 is 19.2 Å². The summed E-state index contributed by atoms with van der Waals surface area (Å²) >= 11 is 0. The molecule has 0 amide bonds. The van der Waals surface area contributed by atoms with E-state index in [0.717, 1.165) is 37.9 Å². The number of rotatable bonds is 4. The van der Waals surface area contributed by atoms with Gasteiger partial charge in [0, 0.05) is 11.5 Å². The Bertz CT molecular complexity index is 701. The Morgan fingerprint density at radius 3 is 2.88 bits per heavy atom. The zero-order valence-corrected chi connectivity index (χ0v) is 15.5. The van der Waals surface area contributed by atoms with Gasteiger partial charge in [0.25, 0.3) is 0 Å². The Kier molecular flexibility index (Phi) is 4.64. The minimum Gasteiger partial charge on any atom is -0.462 e. The molecule has 0 aromatic heterocycles. The van der Waals surface area contributed by atoms with Crippen molar-refractivity contribution in [2.75, 3.05) is 6.54 Å². The van der Waals surface area contributed by atoms with Crippen LogP contribution in [-0.4, -0.2) is 18.6 Å². The second kappa shape index (κ2) is 6.80. The summed E-state index contributed by atoms with van der Waals surface area (Å²) in [6.45, 7) is 8.21. The second-order valence-electron chi connectivity index (χ2n) is 8.76. The zero-order chi connectivity index (χ0) is 18.3. The van der Waals surface area contributed by atoms with Gasteiger partial charge in [0.2, 0.25) is 0 Å². The van der Waals surface area contributed by atoms with Gasteiger partial charge in [-0.1, -0.05) is 31.2 Å². The number of benzene rings is 1. The maximum Gasteiger partial charge on any atom is 0.315 e. The molecule has 140 valence electrons. The second-order valence-corrected chi connectivity index (χ2v) is 8.76. The Morgan fingerprint density at radius 2 is 2.12 bits per heavy atom. The number of halogens is 1. The molecule has 3 fully saturated rings. The molecule has 26 heavy (non-hydrogen) atoms. The van der Waals surface area contributed by atoms with Crippen molar-refractivity contribution in [3.8, 4) is 0 Å². The number of esters is 1. The van der Waals surface area contributed by atoms with Crippen molar-refractivity contribution in [3.05, 3.63) is 47.8 Å². The monoisotopic (exact) mass is 358 g/mol. The lowest BCUT2D eigenvalue weighted by Crippen LogP contribution is -2.84. The van der Waals surface area contributed by atoms with E-state index < -0.39 is 0 Å². The Hall–Kier alpha value is -1.68. The van der Waals surface area contributed by atoms with Gasteiger partial charge in [0.1, 0.15) is 24.4 Å². The average molecular weight is 358 g/mol. The minimum atomic E-state index is -0.214. The summed E-state index contributed by atoms with van der Waals surface area (Å²) < 4.78 is 18.8. The van der Waals surface area contributed by atoms with Gasteiger partial charge in [-0.15, -0.1) is 0 Å². The smallest absolute Gasteiger partial charge is 0.315 e. The van der Waals surface area contributed by atoms with Crippen molar-refractivity contribution in [1.29, 1.82) is 0 Å². The Morgan fingerprint density at radius 1 is 1.35 bits per heavy atom. The fourth-order valence-electron chi connectivity index (χ4n) is 5.58. The van der Waals surface area contributed by atoms with E-state index in [9.17, 15) is 9.18 Å². The first kappa shape index (κ1) is 17.7. The van der Waals surface area contributed by atoms with Crippen LogP contribution in [0.2, 0.25) is 0 Å². The van der Waals surface area contributed by atoms with Gasteiger partial charge in [-0.25, -0.2) is 4.39 Å². The molecule has 3 nitrogen and oxygen atoms in total. The maximum atomic E-state index is 13.0. The third-order valence-corrected chi connectivity index (χ3v) is 7.03. The highest BCUT2D eigenvalue weighted by Gasteiger charge is 2.55. The molecule has 0 radical (unpaired) electrons. The van der Waals surface area contributed by atoms with Crippen LogP contribution in [0.4, 0.5) is 4.39 Å². The SMILES string of the molecule is C=C1CCC[C@]2(C)C[C@H]3OC(=O)[C@H](C[NH2+]Cc4ccc(F)cc4)[C@H]3C[C@H]12. The van der Waals surface area contributed by atoms with Crippen LogP contribution in [0.5, 0.6) is 0 Å². The molecule has 3 aliphatic rings. The highest BCUT2D eigenvalue weighted by atomic mass is 19.1. The number of allylic oxidation sites excluding steroid dienone is 1. The van der Waals surface area contributed by atoms with Crippen molar-refractivity contribution in [2.24, 2.45) is 23.2 Å². The number of carbonyl (C=O) groups is 1. The van der Waals surface area contributed by atoms with Gasteiger partial charge >= 0.3 is 5.97 Å². The highest BCUT2D eigenvalue weighted by Crippen LogP contribution is 2.56. The number of hydrogen-bond donors (Lipinski definition) is 1. The molecule has 1 aromatic carbocycles. The molecule has 2 N–H and O–H groups in total. The van der Waals surface area contributed by atoms with E-state index >= 15 is 0 Å². The lowest BCUT2D eigenvalue weighted by molar-refractivity contribution is -0.675. The molecule has 4 heteroatoms. The number of carbonyl (C=O) groups excluding carboxylic acids is 1. The van der Waals surface area contributed by atoms with Crippen molar-refractivity contribution in [2.45, 2.75) is 51.7 Å². The quantitative estimate of drug-likeness (QED) is 0.663. The highest BCUT2D eigenvalue weighted by molar-refractivity contribution is 5.75. The van der Waals surface area contributed by atoms with Crippen LogP contribution >= 0.6 is 0 Å². The maximum absolute atomic E-state index is 13.0. The summed E-state index contributed by atoms with van der Waals surface area (Å²) in [5, 5.41) is 2.16. The Labute approximate surface area is 155 Å². The molecule has 1 saturated heterocycles. The predicted molar refractivity (Wildman–Crippen MR) is 97.6 cm³/mol. The zero-order valence-electron chi connectivity index (χ0n) is 15.5. The van der Waals surface area contributed by atoms with Gasteiger partial charge in [-0.05, 0) is 55.6 Å². The summed E-state index contributed by atoms with van der Waals surface area (Å²) in [5.41, 5.74) is 2.71. The van der Waals surface area contributed by atoms with Crippen LogP contribution in [0, 0.1) is 29.0 Å². The largest absolute Gasteiger partial charge is 0.462 e.